The molecule has 8 heteroatoms. The maximum absolute atomic E-state index is 11.9. The number of carboxylic acid groups (broad SMARTS) is 1. The normalized spacial score (nSPS) is 22.7. The Kier molecular flexibility index (Phi) is 4.22. The van der Waals surface area contributed by atoms with Crippen LogP contribution in [0.2, 0.25) is 0 Å². The summed E-state index contributed by atoms with van der Waals surface area (Å²) < 4.78 is 0. The molecule has 5 nitrogen and oxygen atoms in total. The van der Waals surface area contributed by atoms with Crippen molar-refractivity contribution in [1.29, 1.82) is 0 Å². The van der Waals surface area contributed by atoms with Gasteiger partial charge in [0.1, 0.15) is 5.37 Å². The first kappa shape index (κ1) is 14.8. The molecule has 0 aromatic carbocycles. The quantitative estimate of drug-likeness (QED) is 0.339. The fourth-order valence-electron chi connectivity index (χ4n) is 1.86. The smallest absolute Gasteiger partial charge is 0.543 e. The van der Waals surface area contributed by atoms with Gasteiger partial charge in [-0.3, -0.25) is 9.69 Å². The number of carboxylic acids is 1. The molecule has 0 aliphatic carbocycles. The Morgan fingerprint density at radius 3 is 2.89 bits per heavy atom. The fraction of sp³-hybridized carbons (Fsp3) is 0.182. The SMILES string of the molecule is Cc1nc(/C=C2\C(=O)N3C(C(=O)[O-])=CS[C@H]23)cs1.[Na+]. The third-order valence-electron chi connectivity index (χ3n) is 2.68. The molecular formula is C11H7N2NaO3S2. The van der Waals surface area contributed by atoms with Crippen LogP contribution in [-0.2, 0) is 9.59 Å². The van der Waals surface area contributed by atoms with Crippen molar-refractivity contribution in [3.05, 3.63) is 32.8 Å². The maximum atomic E-state index is 11.9. The summed E-state index contributed by atoms with van der Waals surface area (Å²) in [5, 5.41) is 14.8. The summed E-state index contributed by atoms with van der Waals surface area (Å²) in [5.74, 6) is -1.60. The molecule has 1 aromatic rings. The topological polar surface area (TPSA) is 73.3 Å². The molecule has 2 aliphatic rings. The Labute approximate surface area is 139 Å². The second-order valence-electron chi connectivity index (χ2n) is 3.85. The van der Waals surface area contributed by atoms with Crippen molar-refractivity contribution in [2.45, 2.75) is 12.3 Å². The Balaban J connectivity index is 0.00000133. The second-order valence-corrected chi connectivity index (χ2v) is 5.86. The molecule has 3 rings (SSSR count). The molecule has 1 amide bonds. The third-order valence-corrected chi connectivity index (χ3v) is 4.56. The van der Waals surface area contributed by atoms with Crippen LogP contribution >= 0.6 is 23.1 Å². The average molecular weight is 302 g/mol. The number of aliphatic carboxylic acids is 1. The van der Waals surface area contributed by atoms with Gasteiger partial charge in [0.2, 0.25) is 0 Å². The van der Waals surface area contributed by atoms with Gasteiger partial charge in [-0.15, -0.1) is 23.1 Å². The number of amides is 1. The van der Waals surface area contributed by atoms with Crippen LogP contribution in [0.15, 0.2) is 22.1 Å². The molecule has 19 heavy (non-hydrogen) atoms. The van der Waals surface area contributed by atoms with E-state index in [1.165, 1.54) is 33.4 Å². The number of β-lactam (4-membered cyclic amide) rings is 1. The zero-order chi connectivity index (χ0) is 12.9. The molecule has 1 aromatic heterocycles. The maximum Gasteiger partial charge on any atom is 1.00 e. The molecule has 3 heterocycles. The van der Waals surface area contributed by atoms with E-state index in [-0.39, 0.29) is 46.5 Å². The number of rotatable bonds is 2. The van der Waals surface area contributed by atoms with Crippen LogP contribution in [-0.4, -0.2) is 27.1 Å². The largest absolute Gasteiger partial charge is 1.00 e. The van der Waals surface area contributed by atoms with Crippen molar-refractivity contribution in [1.82, 2.24) is 9.88 Å². The van der Waals surface area contributed by atoms with Crippen LogP contribution in [0.1, 0.15) is 10.7 Å². The molecular weight excluding hydrogens is 295 g/mol. The molecule has 0 bridgehead atoms. The molecule has 0 unspecified atom stereocenters. The van der Waals surface area contributed by atoms with Crippen LogP contribution in [0.3, 0.4) is 0 Å². The zero-order valence-corrected chi connectivity index (χ0v) is 13.9. The predicted molar refractivity (Wildman–Crippen MR) is 66.1 cm³/mol. The monoisotopic (exact) mass is 302 g/mol. The van der Waals surface area contributed by atoms with Crippen LogP contribution in [0, 0.1) is 6.92 Å². The Hall–Kier alpha value is -0.600. The zero-order valence-electron chi connectivity index (χ0n) is 10.2. The summed E-state index contributed by atoms with van der Waals surface area (Å²) in [6.45, 7) is 1.89. The van der Waals surface area contributed by atoms with E-state index in [1.54, 1.807) is 6.08 Å². The summed E-state index contributed by atoms with van der Waals surface area (Å²) >= 11 is 2.80. The molecule has 0 radical (unpaired) electrons. The van der Waals surface area contributed by atoms with Crippen molar-refractivity contribution >= 4 is 41.1 Å². The van der Waals surface area contributed by atoms with E-state index in [2.05, 4.69) is 4.98 Å². The van der Waals surface area contributed by atoms with Crippen molar-refractivity contribution in [3.63, 3.8) is 0 Å². The van der Waals surface area contributed by atoms with Gasteiger partial charge in [0, 0.05) is 5.38 Å². The first-order valence-corrected chi connectivity index (χ1v) is 6.94. The molecule has 92 valence electrons. The van der Waals surface area contributed by atoms with Gasteiger partial charge in [-0.2, -0.15) is 0 Å². The van der Waals surface area contributed by atoms with Crippen LogP contribution in [0.25, 0.3) is 6.08 Å². The number of nitrogens with zero attached hydrogens (tertiary/aromatic N) is 2. The fourth-order valence-corrected chi connectivity index (χ4v) is 3.55. The van der Waals surface area contributed by atoms with Crippen molar-refractivity contribution in [3.8, 4) is 0 Å². The van der Waals surface area contributed by atoms with Gasteiger partial charge in [0.15, 0.2) is 0 Å². The van der Waals surface area contributed by atoms with Gasteiger partial charge in [-0.25, -0.2) is 4.98 Å². The summed E-state index contributed by atoms with van der Waals surface area (Å²) in [7, 11) is 0. The molecule has 1 fully saturated rings. The van der Waals surface area contributed by atoms with E-state index in [4.69, 9.17) is 0 Å². The van der Waals surface area contributed by atoms with Gasteiger partial charge in [-0.1, -0.05) is 0 Å². The van der Waals surface area contributed by atoms with Crippen molar-refractivity contribution in [2.75, 3.05) is 0 Å². The second kappa shape index (κ2) is 5.41. The van der Waals surface area contributed by atoms with Gasteiger partial charge in [0.25, 0.3) is 5.91 Å². The van der Waals surface area contributed by atoms with Gasteiger partial charge >= 0.3 is 29.6 Å². The average Bonchev–Trinajstić information content (AvgIpc) is 2.89. The van der Waals surface area contributed by atoms with Gasteiger partial charge in [0.05, 0.1) is 27.9 Å². The summed E-state index contributed by atoms with van der Waals surface area (Å²) in [4.78, 5) is 28.1. The molecule has 0 N–H and O–H groups in total. The molecule has 0 spiro atoms. The number of hydrogen-bond acceptors (Lipinski definition) is 6. The van der Waals surface area contributed by atoms with Crippen LogP contribution in [0.5, 0.6) is 0 Å². The first-order valence-electron chi connectivity index (χ1n) is 5.12. The Morgan fingerprint density at radius 1 is 1.58 bits per heavy atom. The molecule has 2 aliphatic heterocycles. The number of carbonyl (C=O) groups is 2. The number of carbonyl (C=O) groups excluding carboxylic acids is 2. The van der Waals surface area contributed by atoms with Gasteiger partial charge in [-0.05, 0) is 18.4 Å². The standard InChI is InChI=1S/C11H8N2O3S2.Na/c1-5-12-6(3-17-5)2-7-9(14)13-8(11(15)16)4-18-10(7)13;/h2-4,10H,1H3,(H,15,16);/q;+1/p-1/b7-2+;/t10-;/m1./s1. The number of aryl methyl sites for hydroxylation is 1. The van der Waals surface area contributed by atoms with E-state index in [0.29, 0.717) is 5.57 Å². The van der Waals surface area contributed by atoms with E-state index in [1.807, 2.05) is 12.3 Å². The number of hydrogen-bond donors (Lipinski definition) is 0. The third kappa shape index (κ3) is 2.41. The first-order chi connectivity index (χ1) is 8.58. The summed E-state index contributed by atoms with van der Waals surface area (Å²) in [5.41, 5.74) is 1.27. The minimum atomic E-state index is -1.32. The number of aromatic nitrogens is 1. The van der Waals surface area contributed by atoms with E-state index >= 15 is 0 Å². The van der Waals surface area contributed by atoms with E-state index in [9.17, 15) is 14.7 Å². The molecule has 0 saturated carbocycles. The molecule has 1 saturated heterocycles. The van der Waals surface area contributed by atoms with Crippen molar-refractivity contribution in [2.24, 2.45) is 0 Å². The van der Waals surface area contributed by atoms with Gasteiger partial charge < -0.3 is 9.90 Å². The van der Waals surface area contributed by atoms with E-state index in [0.717, 1.165) is 10.7 Å². The van der Waals surface area contributed by atoms with E-state index < -0.39 is 5.97 Å². The minimum Gasteiger partial charge on any atom is -0.543 e. The number of fused-ring (bicyclic) bond motifs is 1. The predicted octanol–water partition coefficient (Wildman–Crippen LogP) is -2.65. The Morgan fingerprint density at radius 2 is 2.32 bits per heavy atom. The van der Waals surface area contributed by atoms with Crippen LogP contribution in [0.4, 0.5) is 0 Å². The molecule has 1 atom stereocenters. The summed E-state index contributed by atoms with van der Waals surface area (Å²) in [6.07, 6.45) is 1.71. The Bertz CT molecular complexity index is 623. The number of thioether (sulfide) groups is 1. The number of thiazole rings is 1. The minimum absolute atomic E-state index is 0. The summed E-state index contributed by atoms with van der Waals surface area (Å²) in [6, 6.07) is 0. The van der Waals surface area contributed by atoms with Crippen molar-refractivity contribution < 1.29 is 44.3 Å². The van der Waals surface area contributed by atoms with Crippen LogP contribution < -0.4 is 34.7 Å².